The quantitative estimate of drug-likeness (QED) is 0.905. The van der Waals surface area contributed by atoms with E-state index in [-0.39, 0.29) is 18.0 Å². The van der Waals surface area contributed by atoms with Crippen LogP contribution in [0.15, 0.2) is 18.2 Å². The fourth-order valence-corrected chi connectivity index (χ4v) is 2.89. The van der Waals surface area contributed by atoms with E-state index in [0.29, 0.717) is 6.61 Å². The SMILES string of the molecule is COc1ccc2c(c1)C(NC1CCN(C)C1=O)CCO2. The predicted molar refractivity (Wildman–Crippen MR) is 75.0 cm³/mol. The van der Waals surface area contributed by atoms with E-state index in [0.717, 1.165) is 36.4 Å². The van der Waals surface area contributed by atoms with E-state index in [1.807, 2.05) is 25.2 Å². The molecule has 1 amide bonds. The molecule has 2 heterocycles. The molecule has 0 aliphatic carbocycles. The largest absolute Gasteiger partial charge is 0.497 e. The lowest BCUT2D eigenvalue weighted by Crippen LogP contribution is -2.40. The number of likely N-dealkylation sites (N-methyl/N-ethyl adjacent to an activating group) is 1. The second-order valence-electron chi connectivity index (χ2n) is 5.36. The topological polar surface area (TPSA) is 50.8 Å². The highest BCUT2D eigenvalue weighted by molar-refractivity contribution is 5.83. The maximum Gasteiger partial charge on any atom is 0.239 e. The monoisotopic (exact) mass is 276 g/mol. The van der Waals surface area contributed by atoms with E-state index in [1.54, 1.807) is 12.0 Å². The average Bonchev–Trinajstić information content (AvgIpc) is 2.79. The van der Waals surface area contributed by atoms with Gasteiger partial charge in [-0.2, -0.15) is 0 Å². The number of hydrogen-bond acceptors (Lipinski definition) is 4. The Hall–Kier alpha value is -1.75. The lowest BCUT2D eigenvalue weighted by Gasteiger charge is -2.29. The van der Waals surface area contributed by atoms with Gasteiger partial charge in [-0.15, -0.1) is 0 Å². The molecule has 3 rings (SSSR count). The summed E-state index contributed by atoms with van der Waals surface area (Å²) in [7, 11) is 3.51. The van der Waals surface area contributed by atoms with Crippen molar-refractivity contribution >= 4 is 5.91 Å². The Morgan fingerprint density at radius 3 is 2.90 bits per heavy atom. The first-order chi connectivity index (χ1) is 9.69. The van der Waals surface area contributed by atoms with Crippen molar-refractivity contribution in [2.75, 3.05) is 27.3 Å². The van der Waals surface area contributed by atoms with E-state index in [1.165, 1.54) is 0 Å². The molecule has 0 aromatic heterocycles. The van der Waals surface area contributed by atoms with Crippen LogP contribution >= 0.6 is 0 Å². The standard InChI is InChI=1S/C15H20N2O3/c1-17-7-5-13(15(17)18)16-12-6-8-20-14-4-3-10(19-2)9-11(12)14/h3-4,9,12-13,16H,5-8H2,1-2H3. The van der Waals surface area contributed by atoms with E-state index < -0.39 is 0 Å². The molecular formula is C15H20N2O3. The highest BCUT2D eigenvalue weighted by Gasteiger charge is 2.32. The molecule has 1 N–H and O–H groups in total. The van der Waals surface area contributed by atoms with Crippen molar-refractivity contribution in [1.29, 1.82) is 0 Å². The molecular weight excluding hydrogens is 256 g/mol. The Morgan fingerprint density at radius 1 is 1.35 bits per heavy atom. The highest BCUT2D eigenvalue weighted by atomic mass is 16.5. The summed E-state index contributed by atoms with van der Waals surface area (Å²) in [6, 6.07) is 5.90. The van der Waals surface area contributed by atoms with Crippen LogP contribution in [-0.2, 0) is 4.79 Å². The number of nitrogens with zero attached hydrogens (tertiary/aromatic N) is 1. The number of carbonyl (C=O) groups is 1. The lowest BCUT2D eigenvalue weighted by atomic mass is 9.99. The van der Waals surface area contributed by atoms with Gasteiger partial charge in [0.25, 0.3) is 0 Å². The molecule has 1 aromatic rings. The van der Waals surface area contributed by atoms with Crippen molar-refractivity contribution in [1.82, 2.24) is 10.2 Å². The van der Waals surface area contributed by atoms with Crippen molar-refractivity contribution in [2.24, 2.45) is 0 Å². The molecule has 5 nitrogen and oxygen atoms in total. The van der Waals surface area contributed by atoms with Crippen molar-refractivity contribution in [2.45, 2.75) is 24.9 Å². The summed E-state index contributed by atoms with van der Waals surface area (Å²) >= 11 is 0. The molecule has 2 atom stereocenters. The van der Waals surface area contributed by atoms with Crippen LogP contribution in [0.3, 0.4) is 0 Å². The number of carbonyl (C=O) groups excluding carboxylic acids is 1. The number of ether oxygens (including phenoxy) is 2. The van der Waals surface area contributed by atoms with Gasteiger partial charge in [0, 0.05) is 31.6 Å². The zero-order chi connectivity index (χ0) is 14.1. The Morgan fingerprint density at radius 2 is 2.20 bits per heavy atom. The minimum absolute atomic E-state index is 0.0813. The van der Waals surface area contributed by atoms with E-state index in [2.05, 4.69) is 5.32 Å². The lowest BCUT2D eigenvalue weighted by molar-refractivity contribution is -0.128. The average molecular weight is 276 g/mol. The number of amides is 1. The van der Waals surface area contributed by atoms with Crippen molar-refractivity contribution in [3.05, 3.63) is 23.8 Å². The van der Waals surface area contributed by atoms with Crippen molar-refractivity contribution in [3.8, 4) is 11.5 Å². The summed E-state index contributed by atoms with van der Waals surface area (Å²) in [6.07, 6.45) is 1.74. The molecule has 1 saturated heterocycles. The summed E-state index contributed by atoms with van der Waals surface area (Å²) in [5.74, 6) is 1.88. The molecule has 2 aliphatic heterocycles. The number of methoxy groups -OCH3 is 1. The van der Waals surface area contributed by atoms with Crippen LogP contribution in [0.2, 0.25) is 0 Å². The van der Waals surface area contributed by atoms with Crippen molar-refractivity contribution in [3.63, 3.8) is 0 Å². The minimum atomic E-state index is -0.0813. The normalized spacial score (nSPS) is 25.3. The third-order valence-electron chi connectivity index (χ3n) is 4.09. The predicted octanol–water partition coefficient (Wildman–Crippen LogP) is 1.34. The third-order valence-corrected chi connectivity index (χ3v) is 4.09. The fraction of sp³-hybridized carbons (Fsp3) is 0.533. The van der Waals surface area contributed by atoms with Crippen LogP contribution in [0.5, 0.6) is 11.5 Å². The minimum Gasteiger partial charge on any atom is -0.497 e. The molecule has 2 aliphatic rings. The van der Waals surface area contributed by atoms with Crippen LogP contribution in [-0.4, -0.2) is 44.2 Å². The maximum atomic E-state index is 12.0. The smallest absolute Gasteiger partial charge is 0.239 e. The van der Waals surface area contributed by atoms with Gasteiger partial charge < -0.3 is 14.4 Å². The zero-order valence-corrected chi connectivity index (χ0v) is 11.9. The summed E-state index contributed by atoms with van der Waals surface area (Å²) in [5.41, 5.74) is 1.08. The second-order valence-corrected chi connectivity index (χ2v) is 5.36. The Labute approximate surface area is 118 Å². The number of hydrogen-bond donors (Lipinski definition) is 1. The first kappa shape index (κ1) is 13.2. The van der Waals surface area contributed by atoms with Gasteiger partial charge in [0.05, 0.1) is 19.8 Å². The molecule has 1 aromatic carbocycles. The van der Waals surface area contributed by atoms with Gasteiger partial charge in [0.15, 0.2) is 0 Å². The highest BCUT2D eigenvalue weighted by Crippen LogP contribution is 2.35. The number of nitrogens with one attached hydrogen (secondary N) is 1. The summed E-state index contributed by atoms with van der Waals surface area (Å²) in [5, 5.41) is 3.48. The van der Waals surface area contributed by atoms with E-state index in [9.17, 15) is 4.79 Å². The van der Waals surface area contributed by atoms with Crippen molar-refractivity contribution < 1.29 is 14.3 Å². The Kier molecular flexibility index (Phi) is 3.53. The van der Waals surface area contributed by atoms with Gasteiger partial charge in [0.2, 0.25) is 5.91 Å². The molecule has 108 valence electrons. The van der Waals surface area contributed by atoms with E-state index in [4.69, 9.17) is 9.47 Å². The number of benzene rings is 1. The number of fused-ring (bicyclic) bond motifs is 1. The molecule has 0 radical (unpaired) electrons. The maximum absolute atomic E-state index is 12.0. The number of likely N-dealkylation sites (tertiary alicyclic amines) is 1. The van der Waals surface area contributed by atoms with Gasteiger partial charge in [0.1, 0.15) is 11.5 Å². The van der Waals surface area contributed by atoms with E-state index >= 15 is 0 Å². The molecule has 1 fully saturated rings. The van der Waals surface area contributed by atoms with Gasteiger partial charge >= 0.3 is 0 Å². The number of rotatable bonds is 3. The van der Waals surface area contributed by atoms with Crippen LogP contribution < -0.4 is 14.8 Å². The molecule has 20 heavy (non-hydrogen) atoms. The summed E-state index contributed by atoms with van der Waals surface area (Å²) in [6.45, 7) is 1.50. The zero-order valence-electron chi connectivity index (χ0n) is 11.9. The van der Waals surface area contributed by atoms with Crippen LogP contribution in [0.1, 0.15) is 24.4 Å². The second kappa shape index (κ2) is 5.32. The van der Waals surface area contributed by atoms with Gasteiger partial charge in [-0.05, 0) is 24.6 Å². The first-order valence-electron chi connectivity index (χ1n) is 7.01. The molecule has 0 bridgehead atoms. The molecule has 0 spiro atoms. The van der Waals surface area contributed by atoms with Crippen LogP contribution in [0.4, 0.5) is 0 Å². The summed E-state index contributed by atoms with van der Waals surface area (Å²) in [4.78, 5) is 13.8. The van der Waals surface area contributed by atoms with Gasteiger partial charge in [-0.1, -0.05) is 0 Å². The van der Waals surface area contributed by atoms with Gasteiger partial charge in [-0.25, -0.2) is 0 Å². The Balaban J connectivity index is 1.81. The fourth-order valence-electron chi connectivity index (χ4n) is 2.89. The Bertz CT molecular complexity index is 518. The summed E-state index contributed by atoms with van der Waals surface area (Å²) < 4.78 is 11.0. The third kappa shape index (κ3) is 2.33. The molecule has 5 heteroatoms. The van der Waals surface area contributed by atoms with Crippen LogP contribution in [0, 0.1) is 0 Å². The molecule has 0 saturated carbocycles. The van der Waals surface area contributed by atoms with Crippen LogP contribution in [0.25, 0.3) is 0 Å². The first-order valence-corrected chi connectivity index (χ1v) is 7.01. The molecule has 2 unspecified atom stereocenters. The van der Waals surface area contributed by atoms with Gasteiger partial charge in [-0.3, -0.25) is 10.1 Å².